The van der Waals surface area contributed by atoms with Crippen LogP contribution in [0.1, 0.15) is 19.4 Å². The molecule has 0 aliphatic heterocycles. The standard InChI is InChI=1S/C16H23NO3/c1-12(9-16(19)17-10-13(2)11-18)8-14-6-4-5-7-15(14)20-3/h4-7,9,13,18H,8,10-11H2,1-3H3,(H,17,19)/b12-9+. The molecule has 4 heteroatoms. The Bertz CT molecular complexity index is 469. The lowest BCUT2D eigenvalue weighted by molar-refractivity contribution is -0.116. The number of aliphatic hydroxyl groups excluding tert-OH is 1. The summed E-state index contributed by atoms with van der Waals surface area (Å²) in [7, 11) is 1.64. The van der Waals surface area contributed by atoms with Gasteiger partial charge in [0.1, 0.15) is 5.75 Å². The predicted octanol–water partition coefficient (Wildman–Crippen LogP) is 1.93. The van der Waals surface area contributed by atoms with E-state index in [1.165, 1.54) is 0 Å². The lowest BCUT2D eigenvalue weighted by atomic mass is 10.0. The Morgan fingerprint density at radius 3 is 2.80 bits per heavy atom. The van der Waals surface area contributed by atoms with Crippen molar-refractivity contribution in [3.63, 3.8) is 0 Å². The molecule has 20 heavy (non-hydrogen) atoms. The Morgan fingerprint density at radius 2 is 2.15 bits per heavy atom. The van der Waals surface area contributed by atoms with Gasteiger partial charge in [-0.15, -0.1) is 0 Å². The molecule has 1 aromatic rings. The molecule has 0 bridgehead atoms. The van der Waals surface area contributed by atoms with Gasteiger partial charge in [-0.1, -0.05) is 30.7 Å². The maximum atomic E-state index is 11.7. The molecule has 0 aromatic heterocycles. The SMILES string of the molecule is COc1ccccc1C/C(C)=C/C(=O)NCC(C)CO. The summed E-state index contributed by atoms with van der Waals surface area (Å²) in [6.07, 6.45) is 2.27. The molecular formula is C16H23NO3. The highest BCUT2D eigenvalue weighted by molar-refractivity contribution is 5.88. The fourth-order valence-electron chi connectivity index (χ4n) is 1.81. The first kappa shape index (κ1) is 16.2. The van der Waals surface area contributed by atoms with Gasteiger partial charge in [-0.25, -0.2) is 0 Å². The summed E-state index contributed by atoms with van der Waals surface area (Å²) in [4.78, 5) is 11.7. The summed E-state index contributed by atoms with van der Waals surface area (Å²) in [5, 5.41) is 11.7. The second kappa shape index (κ2) is 8.38. The van der Waals surface area contributed by atoms with E-state index >= 15 is 0 Å². The Balaban J connectivity index is 2.58. The molecule has 0 saturated carbocycles. The van der Waals surface area contributed by atoms with Crippen molar-refractivity contribution >= 4 is 5.91 Å². The minimum atomic E-state index is -0.127. The van der Waals surface area contributed by atoms with Crippen molar-refractivity contribution in [2.45, 2.75) is 20.3 Å². The van der Waals surface area contributed by atoms with Crippen LogP contribution in [0.25, 0.3) is 0 Å². The smallest absolute Gasteiger partial charge is 0.243 e. The number of para-hydroxylation sites is 1. The van der Waals surface area contributed by atoms with Crippen molar-refractivity contribution in [1.82, 2.24) is 5.32 Å². The minimum Gasteiger partial charge on any atom is -0.496 e. The van der Waals surface area contributed by atoms with E-state index in [1.54, 1.807) is 13.2 Å². The normalized spacial score (nSPS) is 12.9. The average Bonchev–Trinajstić information content (AvgIpc) is 2.45. The zero-order chi connectivity index (χ0) is 15.0. The lowest BCUT2D eigenvalue weighted by Gasteiger charge is -2.10. The third kappa shape index (κ3) is 5.45. The quantitative estimate of drug-likeness (QED) is 0.749. The number of carbonyl (C=O) groups excluding carboxylic acids is 1. The maximum absolute atomic E-state index is 11.7. The van der Waals surface area contributed by atoms with Gasteiger partial charge in [0.2, 0.25) is 5.91 Å². The molecular weight excluding hydrogens is 254 g/mol. The van der Waals surface area contributed by atoms with Crippen LogP contribution < -0.4 is 10.1 Å². The Hall–Kier alpha value is -1.81. The van der Waals surface area contributed by atoms with Gasteiger partial charge in [0.05, 0.1) is 7.11 Å². The molecule has 0 radical (unpaired) electrons. The highest BCUT2D eigenvalue weighted by Crippen LogP contribution is 2.20. The summed E-state index contributed by atoms with van der Waals surface area (Å²) in [5.41, 5.74) is 2.02. The van der Waals surface area contributed by atoms with Gasteiger partial charge in [-0.3, -0.25) is 4.79 Å². The van der Waals surface area contributed by atoms with E-state index in [0.29, 0.717) is 13.0 Å². The molecule has 0 aliphatic carbocycles. The number of allylic oxidation sites excluding steroid dienone is 1. The van der Waals surface area contributed by atoms with E-state index in [4.69, 9.17) is 9.84 Å². The van der Waals surface area contributed by atoms with Crippen LogP contribution in [0.3, 0.4) is 0 Å². The Labute approximate surface area is 120 Å². The van der Waals surface area contributed by atoms with E-state index in [1.807, 2.05) is 38.1 Å². The molecule has 1 unspecified atom stereocenters. The van der Waals surface area contributed by atoms with Crippen LogP contribution in [0, 0.1) is 5.92 Å². The topological polar surface area (TPSA) is 58.6 Å². The fraction of sp³-hybridized carbons (Fsp3) is 0.438. The van der Waals surface area contributed by atoms with Crippen LogP contribution in [-0.4, -0.2) is 31.3 Å². The molecule has 0 heterocycles. The van der Waals surface area contributed by atoms with Gasteiger partial charge in [0.25, 0.3) is 0 Å². The first-order valence-corrected chi connectivity index (χ1v) is 6.74. The van der Waals surface area contributed by atoms with Crippen molar-refractivity contribution in [2.24, 2.45) is 5.92 Å². The number of methoxy groups -OCH3 is 1. The second-order valence-corrected chi connectivity index (χ2v) is 5.01. The monoisotopic (exact) mass is 277 g/mol. The maximum Gasteiger partial charge on any atom is 0.243 e. The molecule has 1 aromatic carbocycles. The van der Waals surface area contributed by atoms with Gasteiger partial charge < -0.3 is 15.2 Å². The number of hydrogen-bond acceptors (Lipinski definition) is 3. The molecule has 2 N–H and O–H groups in total. The number of aliphatic hydroxyl groups is 1. The van der Waals surface area contributed by atoms with E-state index in [2.05, 4.69) is 5.32 Å². The van der Waals surface area contributed by atoms with E-state index in [-0.39, 0.29) is 18.4 Å². The number of ether oxygens (including phenoxy) is 1. The van der Waals surface area contributed by atoms with E-state index in [0.717, 1.165) is 16.9 Å². The van der Waals surface area contributed by atoms with Crippen LogP contribution >= 0.6 is 0 Å². The molecule has 110 valence electrons. The first-order valence-electron chi connectivity index (χ1n) is 6.74. The Kier molecular flexibility index (Phi) is 6.81. The number of amides is 1. The summed E-state index contributed by atoms with van der Waals surface area (Å²) in [6.45, 7) is 4.35. The van der Waals surface area contributed by atoms with Crippen LogP contribution in [0.2, 0.25) is 0 Å². The zero-order valence-corrected chi connectivity index (χ0v) is 12.3. The predicted molar refractivity (Wildman–Crippen MR) is 79.7 cm³/mol. The van der Waals surface area contributed by atoms with Crippen molar-refractivity contribution < 1.29 is 14.6 Å². The molecule has 0 aliphatic rings. The molecule has 1 atom stereocenters. The van der Waals surface area contributed by atoms with Gasteiger partial charge in [-0.05, 0) is 30.9 Å². The molecule has 0 saturated heterocycles. The van der Waals surface area contributed by atoms with Gasteiger partial charge in [0, 0.05) is 19.2 Å². The number of nitrogens with one attached hydrogen (secondary N) is 1. The Morgan fingerprint density at radius 1 is 1.45 bits per heavy atom. The van der Waals surface area contributed by atoms with Gasteiger partial charge in [0.15, 0.2) is 0 Å². The average molecular weight is 277 g/mol. The van der Waals surface area contributed by atoms with Crippen molar-refractivity contribution in [3.05, 3.63) is 41.5 Å². The number of carbonyl (C=O) groups is 1. The first-order chi connectivity index (χ1) is 9.56. The van der Waals surface area contributed by atoms with E-state index < -0.39 is 0 Å². The lowest BCUT2D eigenvalue weighted by Crippen LogP contribution is -2.28. The molecule has 0 fully saturated rings. The van der Waals surface area contributed by atoms with Crippen LogP contribution in [-0.2, 0) is 11.2 Å². The summed E-state index contributed by atoms with van der Waals surface area (Å²) in [5.74, 6) is 0.772. The highest BCUT2D eigenvalue weighted by atomic mass is 16.5. The molecule has 0 spiro atoms. The third-order valence-electron chi connectivity index (χ3n) is 2.98. The third-order valence-corrected chi connectivity index (χ3v) is 2.98. The van der Waals surface area contributed by atoms with Crippen molar-refractivity contribution in [2.75, 3.05) is 20.3 Å². The van der Waals surface area contributed by atoms with Crippen LogP contribution in [0.15, 0.2) is 35.9 Å². The van der Waals surface area contributed by atoms with E-state index in [9.17, 15) is 4.79 Å². The van der Waals surface area contributed by atoms with Crippen LogP contribution in [0.5, 0.6) is 5.75 Å². The summed E-state index contributed by atoms with van der Waals surface area (Å²) in [6, 6.07) is 7.77. The summed E-state index contributed by atoms with van der Waals surface area (Å²) >= 11 is 0. The number of rotatable bonds is 7. The molecule has 1 amide bonds. The van der Waals surface area contributed by atoms with Gasteiger partial charge in [-0.2, -0.15) is 0 Å². The second-order valence-electron chi connectivity index (χ2n) is 5.01. The summed E-state index contributed by atoms with van der Waals surface area (Å²) < 4.78 is 5.29. The minimum absolute atomic E-state index is 0.0712. The number of benzene rings is 1. The van der Waals surface area contributed by atoms with Gasteiger partial charge >= 0.3 is 0 Å². The molecule has 1 rings (SSSR count). The number of hydrogen-bond donors (Lipinski definition) is 2. The highest BCUT2D eigenvalue weighted by Gasteiger charge is 2.05. The fourth-order valence-corrected chi connectivity index (χ4v) is 1.81. The molecule has 4 nitrogen and oxygen atoms in total. The van der Waals surface area contributed by atoms with Crippen molar-refractivity contribution in [3.8, 4) is 5.75 Å². The zero-order valence-electron chi connectivity index (χ0n) is 12.3. The largest absolute Gasteiger partial charge is 0.496 e. The van der Waals surface area contributed by atoms with Crippen LogP contribution in [0.4, 0.5) is 0 Å². The van der Waals surface area contributed by atoms with Crippen molar-refractivity contribution in [1.29, 1.82) is 0 Å².